The summed E-state index contributed by atoms with van der Waals surface area (Å²) in [5.74, 6) is -2.91. The first-order valence-corrected chi connectivity index (χ1v) is 18.0. The number of likely N-dealkylation sites (N-methyl/N-ethyl adjacent to an activating group) is 2. The van der Waals surface area contributed by atoms with Crippen LogP contribution in [0.2, 0.25) is 0 Å². The predicted octanol–water partition coefficient (Wildman–Crippen LogP) is 6.52. The zero-order valence-corrected chi connectivity index (χ0v) is 31.9. The van der Waals surface area contributed by atoms with Crippen molar-refractivity contribution in [2.75, 3.05) is 33.8 Å². The lowest BCUT2D eigenvalue weighted by molar-refractivity contribution is -0.160. The van der Waals surface area contributed by atoms with Crippen molar-refractivity contribution in [3.05, 3.63) is 121 Å². The molecule has 0 saturated carbocycles. The van der Waals surface area contributed by atoms with Crippen LogP contribution in [0, 0.1) is 0 Å². The van der Waals surface area contributed by atoms with Crippen molar-refractivity contribution < 1.29 is 38.2 Å². The first kappa shape index (κ1) is 41.1. The largest absolute Gasteiger partial charge is 0.461 e. The lowest BCUT2D eigenvalue weighted by Gasteiger charge is -2.37. The molecule has 0 bridgehead atoms. The summed E-state index contributed by atoms with van der Waals surface area (Å²) in [6.07, 6.45) is 2.32. The summed E-state index contributed by atoms with van der Waals surface area (Å²) in [5.41, 5.74) is 4.19. The van der Waals surface area contributed by atoms with Gasteiger partial charge < -0.3 is 24.0 Å². The fourth-order valence-corrected chi connectivity index (χ4v) is 6.47. The molecule has 286 valence electrons. The van der Waals surface area contributed by atoms with E-state index >= 15 is 0 Å². The van der Waals surface area contributed by atoms with E-state index in [2.05, 4.69) is 13.2 Å². The van der Waals surface area contributed by atoms with Gasteiger partial charge in [-0.2, -0.15) is 0 Å². The number of benzene rings is 3. The Morgan fingerprint density at radius 2 is 1.35 bits per heavy atom. The molecule has 1 aliphatic rings. The van der Waals surface area contributed by atoms with Crippen molar-refractivity contribution in [2.24, 2.45) is 0 Å². The van der Waals surface area contributed by atoms with E-state index in [1.807, 2.05) is 66.7 Å². The lowest BCUT2D eigenvalue weighted by atomic mass is 9.98. The molecule has 0 unspecified atom stereocenters. The van der Waals surface area contributed by atoms with Gasteiger partial charge >= 0.3 is 18.0 Å². The van der Waals surface area contributed by atoms with Crippen molar-refractivity contribution in [1.29, 1.82) is 0 Å². The highest BCUT2D eigenvalue weighted by molar-refractivity contribution is 5.94. The molecule has 1 aliphatic carbocycles. The quantitative estimate of drug-likeness (QED) is 0.0873. The zero-order chi connectivity index (χ0) is 39.4. The van der Waals surface area contributed by atoms with Gasteiger partial charge in [-0.05, 0) is 61.4 Å². The number of esters is 2. The third-order valence-electron chi connectivity index (χ3n) is 9.06. The number of fused-ring (bicyclic) bond motifs is 3. The van der Waals surface area contributed by atoms with Crippen LogP contribution in [0.1, 0.15) is 62.6 Å². The predicted molar refractivity (Wildman–Crippen MR) is 206 cm³/mol. The van der Waals surface area contributed by atoms with Gasteiger partial charge in [0, 0.05) is 26.6 Å². The summed E-state index contributed by atoms with van der Waals surface area (Å²) >= 11 is 0. The summed E-state index contributed by atoms with van der Waals surface area (Å²) in [6.45, 7) is 12.1. The summed E-state index contributed by atoms with van der Waals surface area (Å²) in [7, 11) is 2.86. The molecular weight excluding hydrogens is 686 g/mol. The normalized spacial score (nSPS) is 13.0. The van der Waals surface area contributed by atoms with E-state index in [9.17, 15) is 24.0 Å². The molecule has 0 heterocycles. The van der Waals surface area contributed by atoms with E-state index in [1.54, 1.807) is 39.0 Å². The average molecular weight is 738 g/mol. The van der Waals surface area contributed by atoms with Gasteiger partial charge in [-0.25, -0.2) is 4.79 Å². The highest BCUT2D eigenvalue weighted by Crippen LogP contribution is 2.44. The van der Waals surface area contributed by atoms with Gasteiger partial charge in [-0.15, -0.1) is 13.2 Å². The molecule has 2 atom stereocenters. The number of nitrogens with zero attached hydrogens (tertiary/aromatic N) is 3. The van der Waals surface area contributed by atoms with Crippen molar-refractivity contribution in [3.8, 4) is 11.1 Å². The van der Waals surface area contributed by atoms with E-state index < -0.39 is 60.5 Å². The van der Waals surface area contributed by atoms with Gasteiger partial charge in [0.15, 0.2) is 0 Å². The Bertz CT molecular complexity index is 1770. The Balaban J connectivity index is 1.58. The second-order valence-electron chi connectivity index (χ2n) is 14.2. The molecule has 0 fully saturated rings. The first-order chi connectivity index (χ1) is 25.7. The monoisotopic (exact) mass is 737 g/mol. The van der Waals surface area contributed by atoms with Gasteiger partial charge in [0.25, 0.3) is 0 Å². The lowest BCUT2D eigenvalue weighted by Crippen LogP contribution is -2.57. The van der Waals surface area contributed by atoms with Gasteiger partial charge in [0.2, 0.25) is 11.8 Å². The molecular formula is C43H51N3O8. The van der Waals surface area contributed by atoms with E-state index in [0.29, 0.717) is 6.42 Å². The van der Waals surface area contributed by atoms with Gasteiger partial charge in [-0.1, -0.05) is 91.0 Å². The Morgan fingerprint density at radius 3 is 1.93 bits per heavy atom. The van der Waals surface area contributed by atoms with Crippen LogP contribution in [0.25, 0.3) is 11.1 Å². The zero-order valence-electron chi connectivity index (χ0n) is 31.9. The van der Waals surface area contributed by atoms with Crippen LogP contribution in [-0.4, -0.2) is 96.0 Å². The number of hydrogen-bond acceptors (Lipinski definition) is 8. The first-order valence-electron chi connectivity index (χ1n) is 18.0. The van der Waals surface area contributed by atoms with E-state index in [4.69, 9.17) is 14.2 Å². The maximum Gasteiger partial charge on any atom is 0.410 e. The molecule has 11 nitrogen and oxygen atoms in total. The number of carbonyl (C=O) groups is 5. The van der Waals surface area contributed by atoms with Crippen LogP contribution in [-0.2, 0) is 40.0 Å². The minimum absolute atomic E-state index is 0.0414. The molecule has 3 aromatic carbocycles. The molecule has 0 N–H and O–H groups in total. The molecule has 3 amide bonds. The number of amides is 3. The highest BCUT2D eigenvalue weighted by Gasteiger charge is 2.40. The maximum absolute atomic E-state index is 14.6. The van der Waals surface area contributed by atoms with Crippen LogP contribution in [0.5, 0.6) is 0 Å². The third kappa shape index (κ3) is 10.7. The Labute approximate surface area is 318 Å². The van der Waals surface area contributed by atoms with Crippen molar-refractivity contribution in [3.63, 3.8) is 0 Å². The van der Waals surface area contributed by atoms with Gasteiger partial charge in [0.05, 0.1) is 6.42 Å². The fourth-order valence-electron chi connectivity index (χ4n) is 6.47. The number of ether oxygens (including phenoxy) is 3. The van der Waals surface area contributed by atoms with Crippen molar-refractivity contribution in [1.82, 2.24) is 14.7 Å². The van der Waals surface area contributed by atoms with E-state index in [1.165, 1.54) is 30.0 Å². The van der Waals surface area contributed by atoms with E-state index in [-0.39, 0.29) is 32.1 Å². The smallest absolute Gasteiger partial charge is 0.410 e. The molecule has 11 heteroatoms. The van der Waals surface area contributed by atoms with Crippen LogP contribution >= 0.6 is 0 Å². The number of allylic oxidation sites excluding steroid dienone is 1. The minimum Gasteiger partial charge on any atom is -0.461 e. The van der Waals surface area contributed by atoms with Gasteiger partial charge in [-0.3, -0.25) is 24.1 Å². The molecule has 0 aromatic heterocycles. The van der Waals surface area contributed by atoms with Crippen molar-refractivity contribution in [2.45, 2.75) is 70.2 Å². The Kier molecular flexibility index (Phi) is 14.3. The van der Waals surface area contributed by atoms with E-state index in [0.717, 1.165) is 32.7 Å². The average Bonchev–Trinajstić information content (AvgIpc) is 3.47. The van der Waals surface area contributed by atoms with Crippen LogP contribution in [0.15, 0.2) is 104 Å². The number of rotatable bonds is 17. The molecule has 0 saturated heterocycles. The number of carbonyl (C=O) groups excluding carboxylic acids is 5. The molecule has 54 heavy (non-hydrogen) atoms. The minimum atomic E-state index is -1.41. The Hall–Kier alpha value is -5.71. The molecule has 4 rings (SSSR count). The maximum atomic E-state index is 14.6. The molecule has 0 aliphatic heterocycles. The fraction of sp³-hybridized carbons (Fsp3) is 0.372. The summed E-state index contributed by atoms with van der Waals surface area (Å²) in [5, 5.41) is 0. The SMILES string of the molecule is C=CCC[C@@H](C(=O)N(CC=C)[C@@H](CC(=O)OCc1ccccc1)C(=O)N(C)CC(=O)OC(C)(C)C)N(C)C(=O)OCC1c2ccccc2-c2ccccc21. The second kappa shape index (κ2) is 18.9. The summed E-state index contributed by atoms with van der Waals surface area (Å²) in [4.78, 5) is 72.0. The molecule has 3 aromatic rings. The van der Waals surface area contributed by atoms with Gasteiger partial charge in [0.1, 0.15) is 37.4 Å². The second-order valence-corrected chi connectivity index (χ2v) is 14.2. The standard InChI is InChI=1S/C43H51N3O8/c1-8-10-24-36(45(7)42(51)53-29-35-33-22-16-14-20-31(33)32-21-15-17-23-34(32)35)41(50)46(25-9-2)37(26-38(47)52-28-30-18-12-11-13-19-30)40(49)44(6)27-39(48)54-43(3,4)5/h8-9,11-23,35-37H,1-2,10,24-29H2,3-7H3/t36-,37-/m0/s1. The number of hydrogen-bond donors (Lipinski definition) is 0. The van der Waals surface area contributed by atoms with Crippen LogP contribution < -0.4 is 0 Å². The van der Waals surface area contributed by atoms with Crippen LogP contribution in [0.3, 0.4) is 0 Å². The summed E-state index contributed by atoms with van der Waals surface area (Å²) in [6, 6.07) is 22.5. The topological polar surface area (TPSA) is 123 Å². The third-order valence-corrected chi connectivity index (χ3v) is 9.06. The Morgan fingerprint density at radius 1 is 0.759 bits per heavy atom. The van der Waals surface area contributed by atoms with Crippen molar-refractivity contribution >= 4 is 29.8 Å². The van der Waals surface area contributed by atoms with Crippen LogP contribution in [0.4, 0.5) is 4.79 Å². The molecule has 0 spiro atoms. The molecule has 0 radical (unpaired) electrons. The highest BCUT2D eigenvalue weighted by atomic mass is 16.6. The summed E-state index contributed by atoms with van der Waals surface area (Å²) < 4.78 is 16.8.